The fourth-order valence-electron chi connectivity index (χ4n) is 3.68. The third kappa shape index (κ3) is 3.51. The van der Waals surface area contributed by atoms with Crippen LogP contribution in [0.15, 0.2) is 42.7 Å². The van der Waals surface area contributed by atoms with Gasteiger partial charge in [-0.1, -0.05) is 6.08 Å². The molecule has 7 nitrogen and oxygen atoms in total. The normalized spacial score (nSPS) is 14.0. The summed E-state index contributed by atoms with van der Waals surface area (Å²) in [6.45, 7) is 2.97. The fourth-order valence-corrected chi connectivity index (χ4v) is 3.68. The van der Waals surface area contributed by atoms with Crippen LogP contribution in [0.1, 0.15) is 17.5 Å². The number of hydrogen-bond donors (Lipinski definition) is 1. The molecule has 0 aliphatic carbocycles. The molecule has 0 unspecified atom stereocenters. The molecule has 0 radical (unpaired) electrons. The van der Waals surface area contributed by atoms with Gasteiger partial charge in [-0.2, -0.15) is 0 Å². The molecule has 3 aromatic rings. The van der Waals surface area contributed by atoms with Gasteiger partial charge in [-0.25, -0.2) is 9.78 Å². The van der Waals surface area contributed by atoms with Crippen LogP contribution in [-0.4, -0.2) is 52.8 Å². The van der Waals surface area contributed by atoms with E-state index >= 15 is 0 Å². The predicted molar refractivity (Wildman–Crippen MR) is 111 cm³/mol. The fraction of sp³-hybridized carbons (Fsp3) is 0.273. The number of methoxy groups -OCH3 is 2. The van der Waals surface area contributed by atoms with Crippen LogP contribution in [0.4, 0.5) is 4.79 Å². The Morgan fingerprint density at radius 1 is 1.10 bits per heavy atom. The molecule has 2 aromatic heterocycles. The lowest BCUT2D eigenvalue weighted by Gasteiger charge is -2.24. The molecule has 0 saturated heterocycles. The van der Waals surface area contributed by atoms with Crippen LogP contribution >= 0.6 is 0 Å². The van der Waals surface area contributed by atoms with Crippen LogP contribution in [0.3, 0.4) is 0 Å². The zero-order chi connectivity index (χ0) is 20.5. The summed E-state index contributed by atoms with van der Waals surface area (Å²) in [6, 6.07) is 7.87. The molecule has 1 aromatic carbocycles. The van der Waals surface area contributed by atoms with Gasteiger partial charge in [0.15, 0.2) is 11.5 Å². The van der Waals surface area contributed by atoms with Crippen molar-refractivity contribution in [2.75, 3.05) is 27.3 Å². The first-order valence-corrected chi connectivity index (χ1v) is 9.39. The maximum Gasteiger partial charge on any atom is 0.407 e. The first kappa shape index (κ1) is 18.9. The average molecular weight is 393 g/mol. The molecule has 0 saturated carbocycles. The summed E-state index contributed by atoms with van der Waals surface area (Å²) in [5.74, 6) is 1.34. The first-order chi connectivity index (χ1) is 14.0. The lowest BCUT2D eigenvalue weighted by molar-refractivity contribution is 0.150. The minimum Gasteiger partial charge on any atom is -0.493 e. The largest absolute Gasteiger partial charge is 0.493 e. The maximum absolute atomic E-state index is 11.1. The van der Waals surface area contributed by atoms with E-state index in [2.05, 4.69) is 12.3 Å². The second-order valence-corrected chi connectivity index (χ2v) is 7.05. The molecule has 29 heavy (non-hydrogen) atoms. The average Bonchev–Trinajstić information content (AvgIpc) is 3.18. The van der Waals surface area contributed by atoms with Crippen LogP contribution < -0.4 is 9.47 Å². The minimum absolute atomic E-state index is 0.419. The monoisotopic (exact) mass is 393 g/mol. The highest BCUT2D eigenvalue weighted by Gasteiger charge is 2.18. The molecule has 1 amide bonds. The summed E-state index contributed by atoms with van der Waals surface area (Å²) in [5, 5.41) is 9.13. The third-order valence-corrected chi connectivity index (χ3v) is 5.26. The Balaban J connectivity index is 1.70. The number of ether oxygens (including phenoxy) is 2. The number of imidazole rings is 1. The van der Waals surface area contributed by atoms with E-state index in [1.165, 1.54) is 4.90 Å². The van der Waals surface area contributed by atoms with E-state index in [4.69, 9.17) is 19.6 Å². The zero-order valence-electron chi connectivity index (χ0n) is 16.7. The number of hydrogen-bond acceptors (Lipinski definition) is 4. The Hall–Kier alpha value is -3.48. The summed E-state index contributed by atoms with van der Waals surface area (Å²) in [5.41, 5.74) is 6.00. The molecule has 0 bridgehead atoms. The number of rotatable bonds is 4. The lowest BCUT2D eigenvalue weighted by Crippen LogP contribution is -2.33. The highest BCUT2D eigenvalue weighted by atomic mass is 16.5. The van der Waals surface area contributed by atoms with Gasteiger partial charge < -0.3 is 23.9 Å². The number of aromatic nitrogens is 2. The van der Waals surface area contributed by atoms with Gasteiger partial charge in [-0.3, -0.25) is 0 Å². The van der Waals surface area contributed by atoms with Gasteiger partial charge in [0.2, 0.25) is 0 Å². The van der Waals surface area contributed by atoms with Crippen LogP contribution in [-0.2, 0) is 0 Å². The van der Waals surface area contributed by atoms with Gasteiger partial charge in [0.05, 0.1) is 19.9 Å². The van der Waals surface area contributed by atoms with E-state index in [9.17, 15) is 4.79 Å². The van der Waals surface area contributed by atoms with Crippen LogP contribution in [0, 0.1) is 6.92 Å². The minimum atomic E-state index is -0.874. The van der Waals surface area contributed by atoms with Gasteiger partial charge in [0, 0.05) is 31.0 Å². The van der Waals surface area contributed by atoms with Crippen LogP contribution in [0.5, 0.6) is 11.5 Å². The van der Waals surface area contributed by atoms with Gasteiger partial charge in [0.1, 0.15) is 5.65 Å². The van der Waals surface area contributed by atoms with Crippen molar-refractivity contribution in [2.24, 2.45) is 0 Å². The number of fused-ring (bicyclic) bond motifs is 1. The number of amides is 1. The number of carbonyl (C=O) groups is 1. The van der Waals surface area contributed by atoms with E-state index in [0.717, 1.165) is 33.6 Å². The van der Waals surface area contributed by atoms with Gasteiger partial charge in [-0.15, -0.1) is 0 Å². The van der Waals surface area contributed by atoms with Crippen molar-refractivity contribution in [1.29, 1.82) is 0 Å². The highest BCUT2D eigenvalue weighted by Crippen LogP contribution is 2.33. The van der Waals surface area contributed by atoms with Crippen molar-refractivity contribution < 1.29 is 19.4 Å². The zero-order valence-corrected chi connectivity index (χ0v) is 16.7. The Morgan fingerprint density at radius 2 is 1.90 bits per heavy atom. The summed E-state index contributed by atoms with van der Waals surface area (Å²) in [7, 11) is 3.23. The number of nitrogens with zero attached hydrogens (tertiary/aromatic N) is 3. The standard InChI is InChI=1S/C22H23N3O4/c1-14-10-17(15-6-8-24(9-7-15)22(26)27)12-25-13-18(23-21(14)25)16-4-5-19(28-2)20(11-16)29-3/h4-6,10-13H,7-9H2,1-3H3,(H,26,27). The summed E-state index contributed by atoms with van der Waals surface area (Å²) < 4.78 is 12.7. The van der Waals surface area contributed by atoms with Crippen LogP contribution in [0.25, 0.3) is 22.5 Å². The predicted octanol–water partition coefficient (Wildman–Crippen LogP) is 4.09. The Bertz CT molecular complexity index is 1120. The van der Waals surface area contributed by atoms with Crippen molar-refractivity contribution in [3.05, 3.63) is 53.9 Å². The third-order valence-electron chi connectivity index (χ3n) is 5.26. The second kappa shape index (κ2) is 7.50. The summed E-state index contributed by atoms with van der Waals surface area (Å²) >= 11 is 0. The van der Waals surface area contributed by atoms with Gasteiger partial charge in [0.25, 0.3) is 0 Å². The van der Waals surface area contributed by atoms with Crippen LogP contribution in [0.2, 0.25) is 0 Å². The number of carboxylic acid groups (broad SMARTS) is 1. The second-order valence-electron chi connectivity index (χ2n) is 7.05. The van der Waals surface area contributed by atoms with E-state index in [0.29, 0.717) is 31.0 Å². The van der Waals surface area contributed by atoms with Gasteiger partial charge >= 0.3 is 6.09 Å². The molecule has 0 atom stereocenters. The number of pyridine rings is 1. The molecule has 1 aliphatic heterocycles. The molecule has 4 rings (SSSR count). The molecule has 1 aliphatic rings. The Morgan fingerprint density at radius 3 is 2.55 bits per heavy atom. The van der Waals surface area contributed by atoms with Gasteiger partial charge in [-0.05, 0) is 54.3 Å². The molecule has 1 N–H and O–H groups in total. The number of benzene rings is 1. The molecule has 0 fully saturated rings. The lowest BCUT2D eigenvalue weighted by atomic mass is 10.00. The number of aryl methyl sites for hydroxylation is 1. The van der Waals surface area contributed by atoms with E-state index in [1.807, 2.05) is 41.8 Å². The van der Waals surface area contributed by atoms with Crippen molar-refractivity contribution in [3.8, 4) is 22.8 Å². The molecule has 150 valence electrons. The summed E-state index contributed by atoms with van der Waals surface area (Å²) in [6.07, 6.45) is 5.88. The molecular weight excluding hydrogens is 370 g/mol. The van der Waals surface area contributed by atoms with E-state index < -0.39 is 6.09 Å². The van der Waals surface area contributed by atoms with Crippen molar-refractivity contribution in [3.63, 3.8) is 0 Å². The maximum atomic E-state index is 11.1. The molecular formula is C22H23N3O4. The first-order valence-electron chi connectivity index (χ1n) is 9.39. The Labute approximate surface area is 168 Å². The van der Waals surface area contributed by atoms with Crippen molar-refractivity contribution in [1.82, 2.24) is 14.3 Å². The van der Waals surface area contributed by atoms with Crippen molar-refractivity contribution >= 4 is 17.3 Å². The van der Waals surface area contributed by atoms with E-state index in [-0.39, 0.29) is 0 Å². The topological polar surface area (TPSA) is 76.3 Å². The van der Waals surface area contributed by atoms with E-state index in [1.54, 1.807) is 14.2 Å². The smallest absolute Gasteiger partial charge is 0.407 e. The summed E-state index contributed by atoms with van der Waals surface area (Å²) in [4.78, 5) is 17.3. The SMILES string of the molecule is COc1ccc(-c2cn3cc(C4=CCN(C(=O)O)CC4)cc(C)c3n2)cc1OC. The Kier molecular flexibility index (Phi) is 4.88. The van der Waals surface area contributed by atoms with Crippen molar-refractivity contribution in [2.45, 2.75) is 13.3 Å². The molecule has 0 spiro atoms. The highest BCUT2D eigenvalue weighted by molar-refractivity contribution is 5.73. The quantitative estimate of drug-likeness (QED) is 0.722. The molecule has 7 heteroatoms. The molecule has 3 heterocycles.